The lowest BCUT2D eigenvalue weighted by atomic mass is 9.84. The number of nitrogens with one attached hydrogen (secondary N) is 2. The third kappa shape index (κ3) is 4.47. The van der Waals surface area contributed by atoms with E-state index in [0.717, 1.165) is 54.2 Å². The average molecular weight is 512 g/mol. The van der Waals surface area contributed by atoms with Gasteiger partial charge in [-0.1, -0.05) is 0 Å². The van der Waals surface area contributed by atoms with Gasteiger partial charge in [0.05, 0.1) is 17.6 Å². The zero-order valence-electron chi connectivity index (χ0n) is 21.2. The molecule has 3 aromatic rings. The number of rotatable bonds is 6. The van der Waals surface area contributed by atoms with Crippen molar-refractivity contribution in [3.8, 4) is 5.69 Å². The van der Waals surface area contributed by atoms with Gasteiger partial charge in [-0.15, -0.1) is 0 Å². The van der Waals surface area contributed by atoms with E-state index in [4.69, 9.17) is 0 Å². The zero-order chi connectivity index (χ0) is 25.9. The molecule has 0 radical (unpaired) electrons. The number of hydrogen-bond acceptors (Lipinski definition) is 8. The molecule has 37 heavy (non-hydrogen) atoms. The third-order valence-electron chi connectivity index (χ3n) is 7.87. The summed E-state index contributed by atoms with van der Waals surface area (Å²) in [7, 11) is 1.50. The maximum absolute atomic E-state index is 15.1. The first-order chi connectivity index (χ1) is 17.7. The van der Waals surface area contributed by atoms with Crippen LogP contribution >= 0.6 is 0 Å². The van der Waals surface area contributed by atoms with E-state index in [9.17, 15) is 9.18 Å². The molecule has 0 spiro atoms. The Morgan fingerprint density at radius 3 is 2.65 bits per heavy atom. The molecule has 1 saturated carbocycles. The van der Waals surface area contributed by atoms with Crippen molar-refractivity contribution in [2.45, 2.75) is 75.9 Å². The third-order valence-corrected chi connectivity index (χ3v) is 7.87. The molecule has 0 unspecified atom stereocenters. The van der Waals surface area contributed by atoms with Crippen LogP contribution in [0.25, 0.3) is 5.69 Å². The fourth-order valence-electron chi connectivity index (χ4n) is 6.00. The first kappa shape index (κ1) is 24.0. The van der Waals surface area contributed by atoms with Crippen molar-refractivity contribution in [2.75, 3.05) is 17.2 Å². The number of tetrazole rings is 1. The maximum atomic E-state index is 15.1. The van der Waals surface area contributed by atoms with Gasteiger partial charge in [-0.25, -0.2) is 18.6 Å². The second kappa shape index (κ2) is 8.86. The summed E-state index contributed by atoms with van der Waals surface area (Å²) >= 11 is 0. The summed E-state index contributed by atoms with van der Waals surface area (Å²) in [4.78, 5) is 23.4. The number of fused-ring (bicyclic) bond motifs is 1. The van der Waals surface area contributed by atoms with Crippen LogP contribution in [0, 0.1) is 11.6 Å². The minimum absolute atomic E-state index is 0.0168. The highest BCUT2D eigenvalue weighted by Crippen LogP contribution is 2.44. The molecule has 2 N–H and O–H groups in total. The molecule has 10 nitrogen and oxygen atoms in total. The largest absolute Gasteiger partial charge is 0.368 e. The van der Waals surface area contributed by atoms with Gasteiger partial charge in [0.1, 0.15) is 5.82 Å². The summed E-state index contributed by atoms with van der Waals surface area (Å²) in [6.45, 7) is 5.57. The Kier molecular flexibility index (Phi) is 5.74. The quantitative estimate of drug-likeness (QED) is 0.518. The molecule has 0 bridgehead atoms. The van der Waals surface area contributed by atoms with E-state index >= 15 is 4.39 Å². The van der Waals surface area contributed by atoms with Crippen molar-refractivity contribution < 1.29 is 8.78 Å². The van der Waals surface area contributed by atoms with Crippen LogP contribution in [0.2, 0.25) is 0 Å². The van der Waals surface area contributed by atoms with Crippen LogP contribution in [-0.2, 0) is 7.05 Å². The predicted molar refractivity (Wildman–Crippen MR) is 134 cm³/mol. The van der Waals surface area contributed by atoms with Gasteiger partial charge in [-0.2, -0.15) is 14.3 Å². The van der Waals surface area contributed by atoms with Gasteiger partial charge in [-0.3, -0.25) is 4.90 Å². The fraction of sp³-hybridized carbons (Fsp3) is 0.560. The Hall–Kier alpha value is -3.41. The highest BCUT2D eigenvalue weighted by Gasteiger charge is 2.43. The van der Waals surface area contributed by atoms with Crippen LogP contribution in [0.15, 0.2) is 23.1 Å². The van der Waals surface area contributed by atoms with Gasteiger partial charge < -0.3 is 10.6 Å². The van der Waals surface area contributed by atoms with Crippen molar-refractivity contribution in [2.24, 2.45) is 7.05 Å². The van der Waals surface area contributed by atoms with Crippen LogP contribution in [0.1, 0.15) is 63.9 Å². The minimum atomic E-state index is -0.562. The van der Waals surface area contributed by atoms with Gasteiger partial charge in [0.15, 0.2) is 11.6 Å². The molecule has 2 aliphatic heterocycles. The molecule has 196 valence electrons. The van der Waals surface area contributed by atoms with Crippen LogP contribution in [0.5, 0.6) is 0 Å². The lowest BCUT2D eigenvalue weighted by Gasteiger charge is -2.47. The van der Waals surface area contributed by atoms with Crippen LogP contribution in [0.3, 0.4) is 0 Å². The fourth-order valence-corrected chi connectivity index (χ4v) is 6.00. The molecule has 3 aliphatic rings. The van der Waals surface area contributed by atoms with Gasteiger partial charge in [0, 0.05) is 24.7 Å². The lowest BCUT2D eigenvalue weighted by Crippen LogP contribution is -2.55. The molecule has 6 rings (SSSR count). The minimum Gasteiger partial charge on any atom is -0.365 e. The SMILES string of the molecule is Cn1nnn(-c2cc(Nc3ncc(F)c(N[C@@H]4C[C@@H]5CCCN5C(C)(C)C4)n3)c(F)cc2C2CC2)c1=O. The summed E-state index contributed by atoms with van der Waals surface area (Å²) < 4.78 is 32.2. The van der Waals surface area contributed by atoms with Gasteiger partial charge in [0.2, 0.25) is 5.95 Å². The van der Waals surface area contributed by atoms with Crippen molar-refractivity contribution in [3.63, 3.8) is 0 Å². The molecule has 12 heteroatoms. The predicted octanol–water partition coefficient (Wildman–Crippen LogP) is 3.47. The molecule has 1 aromatic carbocycles. The van der Waals surface area contributed by atoms with Crippen LogP contribution in [0.4, 0.5) is 26.2 Å². The topological polar surface area (TPSA) is 106 Å². The highest BCUT2D eigenvalue weighted by atomic mass is 19.1. The maximum Gasteiger partial charge on any atom is 0.368 e. The van der Waals surface area contributed by atoms with Crippen molar-refractivity contribution in [1.82, 2.24) is 34.7 Å². The molecule has 2 atom stereocenters. The first-order valence-electron chi connectivity index (χ1n) is 12.9. The number of benzene rings is 1. The van der Waals surface area contributed by atoms with E-state index in [1.165, 1.54) is 25.6 Å². The van der Waals surface area contributed by atoms with E-state index in [0.29, 0.717) is 17.3 Å². The van der Waals surface area contributed by atoms with Gasteiger partial charge in [0.25, 0.3) is 0 Å². The Morgan fingerprint density at radius 2 is 1.92 bits per heavy atom. The lowest BCUT2D eigenvalue weighted by molar-refractivity contribution is 0.0500. The number of hydrogen-bond donors (Lipinski definition) is 2. The monoisotopic (exact) mass is 511 g/mol. The molecule has 0 amide bonds. The highest BCUT2D eigenvalue weighted by molar-refractivity contribution is 5.62. The Labute approximate surface area is 213 Å². The van der Waals surface area contributed by atoms with E-state index in [1.54, 1.807) is 0 Å². The Morgan fingerprint density at radius 1 is 1.11 bits per heavy atom. The number of anilines is 3. The molecule has 3 fully saturated rings. The normalized spacial score (nSPS) is 23.2. The summed E-state index contributed by atoms with van der Waals surface area (Å²) in [6.07, 6.45) is 7.03. The second-order valence-corrected chi connectivity index (χ2v) is 11.1. The van der Waals surface area contributed by atoms with Crippen molar-refractivity contribution in [1.29, 1.82) is 0 Å². The van der Waals surface area contributed by atoms with Gasteiger partial charge >= 0.3 is 5.69 Å². The number of halogens is 2. The molecule has 2 saturated heterocycles. The second-order valence-electron chi connectivity index (χ2n) is 11.1. The standard InChI is InChI=1S/C25H31F2N9O/c1-25(2)12-15(9-16-5-4-8-35(16)25)29-22-19(27)13-28-23(31-22)30-20-11-21(36-24(37)34(3)32-33-36)17(10-18(20)26)14-6-7-14/h10-11,13-16H,4-9,12H2,1-3H3,(H2,28,29,30,31)/t15-,16+/m1/s1. The van der Waals surface area contributed by atoms with Crippen molar-refractivity contribution in [3.05, 3.63) is 46.0 Å². The van der Waals surface area contributed by atoms with E-state index < -0.39 is 17.3 Å². The summed E-state index contributed by atoms with van der Waals surface area (Å²) in [5.74, 6) is -0.767. The number of aryl methyl sites for hydroxylation is 1. The number of aromatic nitrogens is 6. The van der Waals surface area contributed by atoms with E-state index in [-0.39, 0.29) is 35.0 Å². The summed E-state index contributed by atoms with van der Waals surface area (Å²) in [5, 5.41) is 13.9. The molecular formula is C25H31F2N9O. The molecule has 1 aliphatic carbocycles. The van der Waals surface area contributed by atoms with E-state index in [1.807, 2.05) is 0 Å². The van der Waals surface area contributed by atoms with Gasteiger partial charge in [-0.05, 0) is 93.0 Å². The summed E-state index contributed by atoms with van der Waals surface area (Å²) in [5.41, 5.74) is 0.808. The Bertz CT molecular complexity index is 1400. The molecular weight excluding hydrogens is 480 g/mol. The number of piperidine rings is 1. The number of nitrogens with zero attached hydrogens (tertiary/aromatic N) is 7. The molecule has 4 heterocycles. The Balaban J connectivity index is 1.27. The van der Waals surface area contributed by atoms with Crippen molar-refractivity contribution >= 4 is 17.5 Å². The first-order valence-corrected chi connectivity index (χ1v) is 12.9. The average Bonchev–Trinajstić information content (AvgIpc) is 3.49. The molecule has 2 aromatic heterocycles. The van der Waals surface area contributed by atoms with Crippen LogP contribution < -0.4 is 16.3 Å². The van der Waals surface area contributed by atoms with Crippen LogP contribution in [-0.4, -0.2) is 58.8 Å². The van der Waals surface area contributed by atoms with E-state index in [2.05, 4.69) is 49.8 Å². The summed E-state index contributed by atoms with van der Waals surface area (Å²) in [6, 6.07) is 3.47. The zero-order valence-corrected chi connectivity index (χ0v) is 21.2. The smallest absolute Gasteiger partial charge is 0.365 e.